The maximum atomic E-state index is 13.3. The van der Waals surface area contributed by atoms with Crippen molar-refractivity contribution in [1.29, 1.82) is 0 Å². The van der Waals surface area contributed by atoms with Crippen LogP contribution in [0.3, 0.4) is 0 Å². The second kappa shape index (κ2) is 3.85. The first-order chi connectivity index (χ1) is 7.13. The Labute approximate surface area is 86.3 Å². The fourth-order valence-electron chi connectivity index (χ4n) is 1.93. The largest absolute Gasteiger partial charge is 0.309 e. The molecule has 1 nitrogen and oxygen atoms in total. The smallest absolute Gasteiger partial charge is 0.194 e. The monoisotopic (exact) mass is 215 g/mol. The van der Waals surface area contributed by atoms with Crippen molar-refractivity contribution in [3.8, 4) is 0 Å². The molecule has 82 valence electrons. The standard InChI is InChI=1S/C11H12F3N/c1-2-7-3-6-4-9(12)11(14)10(13)8(6)5-15-7/h4,7,15H,2-3,5H2,1H3. The zero-order valence-electron chi connectivity index (χ0n) is 8.41. The summed E-state index contributed by atoms with van der Waals surface area (Å²) in [6.07, 6.45) is 1.44. The molecule has 1 unspecified atom stereocenters. The molecule has 1 aliphatic rings. The predicted octanol–water partition coefficient (Wildman–Crippen LogP) is 2.53. The summed E-state index contributed by atoms with van der Waals surface area (Å²) in [7, 11) is 0. The van der Waals surface area contributed by atoms with Gasteiger partial charge in [0.25, 0.3) is 0 Å². The lowest BCUT2D eigenvalue weighted by Gasteiger charge is -2.25. The third-order valence-corrected chi connectivity index (χ3v) is 2.88. The first-order valence-electron chi connectivity index (χ1n) is 5.02. The molecule has 0 amide bonds. The zero-order valence-corrected chi connectivity index (χ0v) is 8.41. The Balaban J connectivity index is 2.44. The maximum absolute atomic E-state index is 13.3. The van der Waals surface area contributed by atoms with Crippen LogP contribution in [-0.4, -0.2) is 6.04 Å². The van der Waals surface area contributed by atoms with E-state index in [4.69, 9.17) is 0 Å². The summed E-state index contributed by atoms with van der Waals surface area (Å²) in [4.78, 5) is 0. The second-order valence-corrected chi connectivity index (χ2v) is 3.81. The van der Waals surface area contributed by atoms with Gasteiger partial charge in [-0.15, -0.1) is 0 Å². The first-order valence-corrected chi connectivity index (χ1v) is 5.02. The Hall–Kier alpha value is -1.03. The fourth-order valence-corrected chi connectivity index (χ4v) is 1.93. The van der Waals surface area contributed by atoms with Gasteiger partial charge in [0.15, 0.2) is 17.5 Å². The minimum absolute atomic E-state index is 0.224. The Bertz CT molecular complexity index is 390. The Morgan fingerprint density at radius 3 is 2.73 bits per heavy atom. The van der Waals surface area contributed by atoms with Gasteiger partial charge in [0.2, 0.25) is 0 Å². The van der Waals surface area contributed by atoms with Gasteiger partial charge in [0.1, 0.15) is 0 Å². The Morgan fingerprint density at radius 1 is 1.33 bits per heavy atom. The number of rotatable bonds is 1. The van der Waals surface area contributed by atoms with E-state index in [1.165, 1.54) is 0 Å². The van der Waals surface area contributed by atoms with E-state index in [0.717, 1.165) is 12.5 Å². The van der Waals surface area contributed by atoms with Crippen molar-refractivity contribution in [2.45, 2.75) is 32.4 Å². The molecule has 0 spiro atoms. The molecule has 1 atom stereocenters. The van der Waals surface area contributed by atoms with E-state index in [9.17, 15) is 13.2 Å². The quantitative estimate of drug-likeness (QED) is 0.710. The van der Waals surface area contributed by atoms with Crippen LogP contribution in [0.2, 0.25) is 0 Å². The Kier molecular flexibility index (Phi) is 2.69. The summed E-state index contributed by atoms with van der Waals surface area (Å²) >= 11 is 0. The molecule has 0 bridgehead atoms. The van der Waals surface area contributed by atoms with Crippen molar-refractivity contribution >= 4 is 0 Å². The SMILES string of the molecule is CCC1Cc2cc(F)c(F)c(F)c2CN1. The molecule has 1 aliphatic heterocycles. The highest BCUT2D eigenvalue weighted by molar-refractivity contribution is 5.33. The summed E-state index contributed by atoms with van der Waals surface area (Å²) in [5, 5.41) is 3.08. The van der Waals surface area contributed by atoms with Crippen LogP contribution in [-0.2, 0) is 13.0 Å². The van der Waals surface area contributed by atoms with Gasteiger partial charge in [-0.1, -0.05) is 6.92 Å². The number of halogens is 3. The fraction of sp³-hybridized carbons (Fsp3) is 0.455. The number of fused-ring (bicyclic) bond motifs is 1. The van der Waals surface area contributed by atoms with E-state index in [1.807, 2.05) is 6.92 Å². The molecule has 0 saturated heterocycles. The van der Waals surface area contributed by atoms with Crippen LogP contribution in [0.15, 0.2) is 6.07 Å². The molecule has 0 aromatic heterocycles. The van der Waals surface area contributed by atoms with Crippen LogP contribution >= 0.6 is 0 Å². The summed E-state index contributed by atoms with van der Waals surface area (Å²) in [6, 6.07) is 1.33. The lowest BCUT2D eigenvalue weighted by molar-refractivity contribution is 0.408. The molecule has 1 N–H and O–H groups in total. The third kappa shape index (κ3) is 1.74. The van der Waals surface area contributed by atoms with Crippen LogP contribution in [0.5, 0.6) is 0 Å². The van der Waals surface area contributed by atoms with Crippen molar-refractivity contribution in [1.82, 2.24) is 5.32 Å². The third-order valence-electron chi connectivity index (χ3n) is 2.88. The van der Waals surface area contributed by atoms with E-state index < -0.39 is 17.5 Å². The van der Waals surface area contributed by atoms with Crippen molar-refractivity contribution in [3.63, 3.8) is 0 Å². The molecule has 1 heterocycles. The van der Waals surface area contributed by atoms with E-state index in [0.29, 0.717) is 12.0 Å². The van der Waals surface area contributed by atoms with Crippen molar-refractivity contribution in [2.24, 2.45) is 0 Å². The normalized spacial score (nSPS) is 20.1. The Morgan fingerprint density at radius 2 is 2.07 bits per heavy atom. The van der Waals surface area contributed by atoms with Gasteiger partial charge in [-0.2, -0.15) is 0 Å². The van der Waals surface area contributed by atoms with Gasteiger partial charge in [0, 0.05) is 18.2 Å². The zero-order chi connectivity index (χ0) is 11.0. The lowest BCUT2D eigenvalue weighted by Crippen LogP contribution is -2.35. The van der Waals surface area contributed by atoms with Crippen molar-refractivity contribution in [2.75, 3.05) is 0 Å². The molecule has 0 saturated carbocycles. The highest BCUT2D eigenvalue weighted by Crippen LogP contribution is 2.24. The number of nitrogens with one attached hydrogen (secondary N) is 1. The minimum atomic E-state index is -1.37. The average Bonchev–Trinajstić information content (AvgIpc) is 2.25. The highest BCUT2D eigenvalue weighted by atomic mass is 19.2. The molecule has 2 rings (SSSR count). The predicted molar refractivity (Wildman–Crippen MR) is 50.9 cm³/mol. The number of benzene rings is 1. The summed E-state index contributed by atoms with van der Waals surface area (Å²) in [5.74, 6) is -3.51. The van der Waals surface area contributed by atoms with Crippen LogP contribution in [0.1, 0.15) is 24.5 Å². The molecule has 4 heteroatoms. The topological polar surface area (TPSA) is 12.0 Å². The summed E-state index contributed by atoms with van der Waals surface area (Å²) < 4.78 is 39.2. The van der Waals surface area contributed by atoms with Crippen LogP contribution in [0.25, 0.3) is 0 Å². The van der Waals surface area contributed by atoms with E-state index in [-0.39, 0.29) is 18.2 Å². The molecular formula is C11H12F3N. The van der Waals surface area contributed by atoms with Crippen LogP contribution in [0.4, 0.5) is 13.2 Å². The van der Waals surface area contributed by atoms with E-state index >= 15 is 0 Å². The van der Waals surface area contributed by atoms with Crippen LogP contribution < -0.4 is 5.32 Å². The van der Waals surface area contributed by atoms with Crippen molar-refractivity contribution in [3.05, 3.63) is 34.6 Å². The molecule has 0 radical (unpaired) electrons. The molecule has 0 fully saturated rings. The van der Waals surface area contributed by atoms with Crippen molar-refractivity contribution < 1.29 is 13.2 Å². The van der Waals surface area contributed by atoms with E-state index in [1.54, 1.807) is 0 Å². The molecule has 1 aromatic rings. The van der Waals surface area contributed by atoms with Gasteiger partial charge in [-0.25, -0.2) is 13.2 Å². The van der Waals surface area contributed by atoms with Gasteiger partial charge < -0.3 is 5.32 Å². The van der Waals surface area contributed by atoms with Crippen LogP contribution in [0, 0.1) is 17.5 Å². The maximum Gasteiger partial charge on any atom is 0.194 e. The minimum Gasteiger partial charge on any atom is -0.309 e. The lowest BCUT2D eigenvalue weighted by atomic mass is 9.94. The number of hydrogen-bond donors (Lipinski definition) is 1. The molecule has 0 aliphatic carbocycles. The molecular weight excluding hydrogens is 203 g/mol. The summed E-state index contributed by atoms with van der Waals surface area (Å²) in [6.45, 7) is 2.27. The van der Waals surface area contributed by atoms with Gasteiger partial charge in [0.05, 0.1) is 0 Å². The molecule has 1 aromatic carbocycles. The summed E-state index contributed by atoms with van der Waals surface area (Å²) in [5.41, 5.74) is 0.843. The average molecular weight is 215 g/mol. The van der Waals surface area contributed by atoms with Gasteiger partial charge >= 0.3 is 0 Å². The molecule has 15 heavy (non-hydrogen) atoms. The van der Waals surface area contributed by atoms with Gasteiger partial charge in [-0.3, -0.25) is 0 Å². The first kappa shape index (κ1) is 10.5. The second-order valence-electron chi connectivity index (χ2n) is 3.81. The van der Waals surface area contributed by atoms with E-state index in [2.05, 4.69) is 5.32 Å². The number of hydrogen-bond acceptors (Lipinski definition) is 1. The van der Waals surface area contributed by atoms with Gasteiger partial charge in [-0.05, 0) is 24.5 Å². The highest BCUT2D eigenvalue weighted by Gasteiger charge is 2.23.